The summed E-state index contributed by atoms with van der Waals surface area (Å²) in [6.45, 7) is 12.3. The Labute approximate surface area is 119 Å². The molecule has 0 spiro atoms. The average Bonchev–Trinajstić information content (AvgIpc) is 3.04. The van der Waals surface area contributed by atoms with Crippen molar-refractivity contribution in [2.45, 2.75) is 44.3 Å². The van der Waals surface area contributed by atoms with E-state index in [2.05, 4.69) is 10.9 Å². The molecule has 2 heterocycles. The van der Waals surface area contributed by atoms with Crippen molar-refractivity contribution in [3.8, 4) is 6.07 Å². The maximum Gasteiger partial charge on any atom is 0.243 e. The van der Waals surface area contributed by atoms with E-state index in [9.17, 15) is 0 Å². The molecule has 0 saturated carbocycles. The fourth-order valence-corrected chi connectivity index (χ4v) is 2.32. The number of nitrogens with zero attached hydrogens (tertiary/aromatic N) is 2. The SMILES string of the molecule is [C-]#[N+]C(C)CO[C@@H]1COC2C1OC[C@@H]2OCC(C)C#N. The summed E-state index contributed by atoms with van der Waals surface area (Å²) < 4.78 is 22.8. The molecule has 2 aliphatic heterocycles. The minimum absolute atomic E-state index is 0.129. The van der Waals surface area contributed by atoms with Gasteiger partial charge >= 0.3 is 0 Å². The molecule has 6 heteroatoms. The van der Waals surface area contributed by atoms with Gasteiger partial charge in [0.2, 0.25) is 6.04 Å². The van der Waals surface area contributed by atoms with Gasteiger partial charge in [0.25, 0.3) is 0 Å². The fraction of sp³-hybridized carbons (Fsp3) is 0.857. The normalized spacial score (nSPS) is 35.0. The molecule has 6 atom stereocenters. The summed E-state index contributed by atoms with van der Waals surface area (Å²) >= 11 is 0. The lowest BCUT2D eigenvalue weighted by atomic mass is 10.1. The van der Waals surface area contributed by atoms with Crippen LogP contribution in [0.5, 0.6) is 0 Å². The summed E-state index contributed by atoms with van der Waals surface area (Å²) in [7, 11) is 0. The second-order valence-corrected chi connectivity index (χ2v) is 5.35. The van der Waals surface area contributed by atoms with Gasteiger partial charge in [-0.1, -0.05) is 0 Å². The first kappa shape index (κ1) is 15.2. The lowest BCUT2D eigenvalue weighted by molar-refractivity contribution is -0.0533. The zero-order chi connectivity index (χ0) is 14.5. The molecule has 0 aliphatic carbocycles. The van der Waals surface area contributed by atoms with Gasteiger partial charge in [0.1, 0.15) is 31.0 Å². The molecular weight excluding hydrogens is 260 g/mol. The van der Waals surface area contributed by atoms with Crippen molar-refractivity contribution in [3.63, 3.8) is 0 Å². The second-order valence-electron chi connectivity index (χ2n) is 5.35. The van der Waals surface area contributed by atoms with Crippen molar-refractivity contribution in [3.05, 3.63) is 11.4 Å². The van der Waals surface area contributed by atoms with E-state index < -0.39 is 0 Å². The molecule has 0 bridgehead atoms. The van der Waals surface area contributed by atoms with Gasteiger partial charge in [0.15, 0.2) is 0 Å². The Bertz CT molecular complexity index is 365. The largest absolute Gasteiger partial charge is 0.372 e. The van der Waals surface area contributed by atoms with Gasteiger partial charge < -0.3 is 23.8 Å². The van der Waals surface area contributed by atoms with Gasteiger partial charge in [0.05, 0.1) is 31.8 Å². The van der Waals surface area contributed by atoms with E-state index in [4.69, 9.17) is 30.8 Å². The van der Waals surface area contributed by atoms with Crippen LogP contribution < -0.4 is 0 Å². The van der Waals surface area contributed by atoms with Crippen molar-refractivity contribution in [1.29, 1.82) is 5.26 Å². The van der Waals surface area contributed by atoms with E-state index in [1.807, 2.05) is 13.8 Å². The molecule has 2 rings (SSSR count). The molecule has 0 radical (unpaired) electrons. The van der Waals surface area contributed by atoms with Gasteiger partial charge in [-0.15, -0.1) is 0 Å². The second kappa shape index (κ2) is 7.01. The van der Waals surface area contributed by atoms with Crippen molar-refractivity contribution in [1.82, 2.24) is 0 Å². The van der Waals surface area contributed by atoms with Crippen molar-refractivity contribution >= 4 is 0 Å². The van der Waals surface area contributed by atoms with Crippen LogP contribution in [0, 0.1) is 23.8 Å². The monoisotopic (exact) mass is 280 g/mol. The molecule has 110 valence electrons. The number of ether oxygens (including phenoxy) is 4. The van der Waals surface area contributed by atoms with E-state index in [1.165, 1.54) is 0 Å². The van der Waals surface area contributed by atoms with Crippen molar-refractivity contribution in [2.75, 3.05) is 26.4 Å². The molecule has 0 N–H and O–H groups in total. The molecular formula is C14H20N2O4. The van der Waals surface area contributed by atoms with Crippen LogP contribution in [0.4, 0.5) is 0 Å². The Morgan fingerprint density at radius 1 is 1.20 bits per heavy atom. The molecule has 0 aromatic carbocycles. The Morgan fingerprint density at radius 3 is 2.25 bits per heavy atom. The Morgan fingerprint density at radius 2 is 1.75 bits per heavy atom. The molecule has 0 aromatic heterocycles. The molecule has 2 saturated heterocycles. The van der Waals surface area contributed by atoms with Crippen LogP contribution in [0.15, 0.2) is 0 Å². The highest BCUT2D eigenvalue weighted by molar-refractivity contribution is 4.96. The molecule has 20 heavy (non-hydrogen) atoms. The number of hydrogen-bond acceptors (Lipinski definition) is 5. The van der Waals surface area contributed by atoms with Gasteiger partial charge in [-0.2, -0.15) is 5.26 Å². The summed E-state index contributed by atoms with van der Waals surface area (Å²) in [5, 5.41) is 8.75. The van der Waals surface area contributed by atoms with Crippen LogP contribution in [0.3, 0.4) is 0 Å². The van der Waals surface area contributed by atoms with Crippen LogP contribution in [0.1, 0.15) is 13.8 Å². The standard InChI is InChI=1S/C14H20N2O4/c1-9(4-15)5-17-11-7-19-14-12(8-20-13(11)14)18-6-10(2)16-3/h9-14H,5-8H2,1-2H3/t9?,10?,11-,12+,13?,14?/m0/s1. The topological polar surface area (TPSA) is 65.1 Å². The predicted molar refractivity (Wildman–Crippen MR) is 69.8 cm³/mol. The Balaban J connectivity index is 1.79. The van der Waals surface area contributed by atoms with Crippen LogP contribution in [0.25, 0.3) is 4.85 Å². The minimum Gasteiger partial charge on any atom is -0.372 e. The van der Waals surface area contributed by atoms with E-state index >= 15 is 0 Å². The highest BCUT2D eigenvalue weighted by Crippen LogP contribution is 2.30. The van der Waals surface area contributed by atoms with Crippen LogP contribution in [-0.2, 0) is 18.9 Å². The molecule has 2 aliphatic rings. The zero-order valence-electron chi connectivity index (χ0n) is 11.8. The summed E-state index contributed by atoms with van der Waals surface area (Å²) in [5.74, 6) is -0.137. The summed E-state index contributed by atoms with van der Waals surface area (Å²) in [6.07, 6.45) is -0.529. The first-order valence-electron chi connectivity index (χ1n) is 6.88. The highest BCUT2D eigenvalue weighted by atomic mass is 16.6. The molecule has 6 nitrogen and oxygen atoms in total. The van der Waals surface area contributed by atoms with Gasteiger partial charge in [-0.3, -0.25) is 0 Å². The molecule has 4 unspecified atom stereocenters. The molecule has 0 amide bonds. The summed E-state index contributed by atoms with van der Waals surface area (Å²) in [4.78, 5) is 3.40. The number of hydrogen-bond donors (Lipinski definition) is 0. The Hall–Kier alpha value is -1.18. The van der Waals surface area contributed by atoms with E-state index in [-0.39, 0.29) is 36.4 Å². The first-order chi connectivity index (χ1) is 9.65. The maximum absolute atomic E-state index is 8.75. The van der Waals surface area contributed by atoms with Gasteiger partial charge in [0, 0.05) is 6.92 Å². The summed E-state index contributed by atoms with van der Waals surface area (Å²) in [5.41, 5.74) is 0. The third-order valence-corrected chi connectivity index (χ3v) is 3.52. The van der Waals surface area contributed by atoms with Crippen molar-refractivity contribution < 1.29 is 18.9 Å². The minimum atomic E-state index is -0.154. The molecule has 0 aromatic rings. The smallest absolute Gasteiger partial charge is 0.243 e. The quantitative estimate of drug-likeness (QED) is 0.680. The Kier molecular flexibility index (Phi) is 5.33. The molecule has 2 fully saturated rings. The number of fused-ring (bicyclic) bond motifs is 1. The lowest BCUT2D eigenvalue weighted by Gasteiger charge is -2.17. The van der Waals surface area contributed by atoms with Crippen molar-refractivity contribution in [2.24, 2.45) is 5.92 Å². The zero-order valence-corrected chi connectivity index (χ0v) is 11.8. The average molecular weight is 280 g/mol. The highest BCUT2D eigenvalue weighted by Gasteiger charge is 2.49. The number of rotatable bonds is 6. The van der Waals surface area contributed by atoms with Crippen LogP contribution in [0.2, 0.25) is 0 Å². The van der Waals surface area contributed by atoms with Crippen LogP contribution in [-0.4, -0.2) is 56.9 Å². The number of nitriles is 1. The van der Waals surface area contributed by atoms with E-state index in [1.54, 1.807) is 0 Å². The third kappa shape index (κ3) is 3.47. The lowest BCUT2D eigenvalue weighted by Crippen LogP contribution is -2.35. The predicted octanol–water partition coefficient (Wildman–Crippen LogP) is 1.02. The maximum atomic E-state index is 8.75. The van der Waals surface area contributed by atoms with Gasteiger partial charge in [-0.05, 0) is 6.92 Å². The first-order valence-corrected chi connectivity index (χ1v) is 6.88. The van der Waals surface area contributed by atoms with E-state index in [0.29, 0.717) is 26.4 Å². The van der Waals surface area contributed by atoms with E-state index in [0.717, 1.165) is 0 Å². The van der Waals surface area contributed by atoms with Crippen LogP contribution >= 0.6 is 0 Å². The third-order valence-electron chi connectivity index (χ3n) is 3.52. The fourth-order valence-electron chi connectivity index (χ4n) is 2.32. The van der Waals surface area contributed by atoms with Gasteiger partial charge in [-0.25, -0.2) is 6.57 Å². The summed E-state index contributed by atoms with van der Waals surface area (Å²) in [6, 6.07) is 1.98.